The first-order valence-corrected chi connectivity index (χ1v) is 8.60. The topological polar surface area (TPSA) is 57.7 Å². The van der Waals surface area contributed by atoms with E-state index in [9.17, 15) is 13.2 Å². The van der Waals surface area contributed by atoms with Crippen molar-refractivity contribution in [1.29, 1.82) is 0 Å². The van der Waals surface area contributed by atoms with E-state index in [1.807, 2.05) is 13.8 Å². The van der Waals surface area contributed by atoms with E-state index in [-0.39, 0.29) is 11.7 Å². The van der Waals surface area contributed by atoms with Gasteiger partial charge in [0.2, 0.25) is 15.9 Å². The summed E-state index contributed by atoms with van der Waals surface area (Å²) in [6, 6.07) is -0.509. The Morgan fingerprint density at radius 1 is 1.35 bits per heavy atom. The maximum absolute atomic E-state index is 12.2. The summed E-state index contributed by atoms with van der Waals surface area (Å²) in [7, 11) is -3.28. The molecule has 1 atom stereocenters. The second-order valence-corrected chi connectivity index (χ2v) is 7.02. The molecular weight excluding hydrogens is 260 g/mol. The zero-order valence-electron chi connectivity index (χ0n) is 10.5. The molecule has 0 bridgehead atoms. The number of hydrogen-bond acceptors (Lipinski definition) is 4. The van der Waals surface area contributed by atoms with Gasteiger partial charge in [-0.3, -0.25) is 4.79 Å². The lowest BCUT2D eigenvalue weighted by molar-refractivity contribution is -0.133. The summed E-state index contributed by atoms with van der Waals surface area (Å²) in [5.41, 5.74) is 0. The third-order valence-corrected chi connectivity index (χ3v) is 5.93. The van der Waals surface area contributed by atoms with Gasteiger partial charge in [-0.1, -0.05) is 0 Å². The van der Waals surface area contributed by atoms with Crippen molar-refractivity contribution in [3.63, 3.8) is 0 Å². The minimum absolute atomic E-state index is 0.0512. The highest BCUT2D eigenvalue weighted by atomic mass is 32.2. The van der Waals surface area contributed by atoms with Crippen molar-refractivity contribution in [2.45, 2.75) is 26.8 Å². The van der Waals surface area contributed by atoms with E-state index in [1.54, 1.807) is 11.8 Å². The fraction of sp³-hybridized carbons (Fsp3) is 0.900. The van der Waals surface area contributed by atoms with Crippen LogP contribution in [0.4, 0.5) is 0 Å². The van der Waals surface area contributed by atoms with E-state index in [4.69, 9.17) is 0 Å². The Bertz CT molecular complexity index is 366. The fourth-order valence-electron chi connectivity index (χ4n) is 1.81. The van der Waals surface area contributed by atoms with Gasteiger partial charge in [-0.15, -0.1) is 11.8 Å². The summed E-state index contributed by atoms with van der Waals surface area (Å²) in [4.78, 5) is 13.9. The third-order valence-electron chi connectivity index (χ3n) is 2.92. The molecule has 0 aliphatic carbocycles. The van der Waals surface area contributed by atoms with Crippen molar-refractivity contribution in [3.05, 3.63) is 0 Å². The van der Waals surface area contributed by atoms with E-state index in [0.29, 0.717) is 24.7 Å². The molecule has 0 radical (unpaired) electrons. The Balaban J connectivity index is 2.87. The van der Waals surface area contributed by atoms with Crippen LogP contribution in [0.5, 0.6) is 0 Å². The maximum Gasteiger partial charge on any atom is 0.241 e. The van der Waals surface area contributed by atoms with Gasteiger partial charge in [-0.25, -0.2) is 8.42 Å². The van der Waals surface area contributed by atoms with Crippen LogP contribution in [-0.4, -0.2) is 60.0 Å². The molecule has 0 aromatic carbocycles. The third kappa shape index (κ3) is 3.14. The highest BCUT2D eigenvalue weighted by Crippen LogP contribution is 2.25. The van der Waals surface area contributed by atoms with E-state index in [1.165, 1.54) is 16.1 Å². The van der Waals surface area contributed by atoms with Gasteiger partial charge < -0.3 is 4.90 Å². The summed E-state index contributed by atoms with van der Waals surface area (Å²) in [6.07, 6.45) is 0. The highest BCUT2D eigenvalue weighted by molar-refractivity contribution is 8.00. The standard InChI is InChI=1S/C10H20N2O3S2/c1-4-11(5-2)10(13)9-7-16-8-12(9)17(14,15)6-3/h9H,4-8H2,1-3H3/t9-/m0/s1. The Morgan fingerprint density at radius 3 is 2.41 bits per heavy atom. The molecule has 0 aromatic heterocycles. The Kier molecular flexibility index (Phi) is 5.27. The number of carbonyl (C=O) groups excluding carboxylic acids is 1. The van der Waals surface area contributed by atoms with Crippen LogP contribution in [0, 0.1) is 0 Å². The first-order chi connectivity index (χ1) is 7.97. The number of rotatable bonds is 5. The number of nitrogens with zero attached hydrogens (tertiary/aromatic N) is 2. The van der Waals surface area contributed by atoms with Crippen molar-refractivity contribution in [2.75, 3.05) is 30.5 Å². The Hall–Kier alpha value is -0.270. The largest absolute Gasteiger partial charge is 0.342 e. The molecule has 1 aliphatic rings. The van der Waals surface area contributed by atoms with Gasteiger partial charge in [-0.05, 0) is 20.8 Å². The summed E-state index contributed by atoms with van der Waals surface area (Å²) in [5.74, 6) is 0.940. The zero-order chi connectivity index (χ0) is 13.1. The quantitative estimate of drug-likeness (QED) is 0.739. The minimum Gasteiger partial charge on any atom is -0.342 e. The Labute approximate surface area is 108 Å². The van der Waals surface area contributed by atoms with Gasteiger partial charge in [-0.2, -0.15) is 4.31 Å². The summed E-state index contributed by atoms with van der Waals surface area (Å²) < 4.78 is 25.1. The lowest BCUT2D eigenvalue weighted by Gasteiger charge is -2.27. The predicted octanol–water partition coefficient (Wildman–Crippen LogP) is 0.579. The molecule has 0 N–H and O–H groups in total. The van der Waals surface area contributed by atoms with Crippen LogP contribution in [0.2, 0.25) is 0 Å². The average molecular weight is 280 g/mol. The van der Waals surface area contributed by atoms with Gasteiger partial charge in [0.25, 0.3) is 0 Å². The highest BCUT2D eigenvalue weighted by Gasteiger charge is 2.39. The molecule has 100 valence electrons. The summed E-state index contributed by atoms with van der Waals surface area (Å²) in [5, 5.41) is 0. The summed E-state index contributed by atoms with van der Waals surface area (Å²) >= 11 is 1.50. The smallest absolute Gasteiger partial charge is 0.241 e. The van der Waals surface area contributed by atoms with Crippen LogP contribution in [0.1, 0.15) is 20.8 Å². The molecule has 1 aliphatic heterocycles. The van der Waals surface area contributed by atoms with Gasteiger partial charge in [0.05, 0.1) is 11.6 Å². The Morgan fingerprint density at radius 2 is 1.94 bits per heavy atom. The van der Waals surface area contributed by atoms with Crippen LogP contribution >= 0.6 is 11.8 Å². The monoisotopic (exact) mass is 280 g/mol. The zero-order valence-corrected chi connectivity index (χ0v) is 12.2. The number of carbonyl (C=O) groups is 1. The molecule has 1 rings (SSSR count). The second-order valence-electron chi connectivity index (χ2n) is 3.81. The molecule has 0 aromatic rings. The lowest BCUT2D eigenvalue weighted by Crippen LogP contribution is -2.49. The van der Waals surface area contributed by atoms with Crippen molar-refractivity contribution in [2.24, 2.45) is 0 Å². The molecular formula is C10H20N2O3S2. The minimum atomic E-state index is -3.28. The van der Waals surface area contributed by atoms with Gasteiger partial charge in [0.1, 0.15) is 6.04 Å². The lowest BCUT2D eigenvalue weighted by atomic mass is 10.3. The first-order valence-electron chi connectivity index (χ1n) is 5.83. The van der Waals surface area contributed by atoms with Crippen molar-refractivity contribution < 1.29 is 13.2 Å². The van der Waals surface area contributed by atoms with Crippen LogP contribution in [-0.2, 0) is 14.8 Å². The van der Waals surface area contributed by atoms with Crippen molar-refractivity contribution in [1.82, 2.24) is 9.21 Å². The molecule has 0 saturated carbocycles. The number of thioether (sulfide) groups is 1. The molecule has 0 unspecified atom stereocenters. The predicted molar refractivity (Wildman–Crippen MR) is 70.3 cm³/mol. The molecule has 1 fully saturated rings. The van der Waals surface area contributed by atoms with Crippen LogP contribution in [0.25, 0.3) is 0 Å². The second kappa shape index (κ2) is 6.06. The molecule has 0 spiro atoms. The normalized spacial score (nSPS) is 21.7. The number of amides is 1. The molecule has 1 heterocycles. The molecule has 17 heavy (non-hydrogen) atoms. The number of sulfonamides is 1. The maximum atomic E-state index is 12.2. The van der Waals surface area contributed by atoms with E-state index in [2.05, 4.69) is 0 Å². The van der Waals surface area contributed by atoms with E-state index >= 15 is 0 Å². The van der Waals surface area contributed by atoms with Gasteiger partial charge in [0, 0.05) is 18.8 Å². The SMILES string of the molecule is CCN(CC)C(=O)[C@@H]1CSCN1S(=O)(=O)CC. The average Bonchev–Trinajstić information content (AvgIpc) is 2.80. The van der Waals surface area contributed by atoms with Crippen LogP contribution in [0.15, 0.2) is 0 Å². The first kappa shape index (κ1) is 14.8. The van der Waals surface area contributed by atoms with Gasteiger partial charge in [0.15, 0.2) is 0 Å². The van der Waals surface area contributed by atoms with Crippen molar-refractivity contribution >= 4 is 27.7 Å². The number of likely N-dealkylation sites (N-methyl/N-ethyl adjacent to an activating group) is 1. The fourth-order valence-corrected chi connectivity index (χ4v) is 4.66. The number of hydrogen-bond donors (Lipinski definition) is 0. The van der Waals surface area contributed by atoms with Crippen molar-refractivity contribution in [3.8, 4) is 0 Å². The molecule has 1 saturated heterocycles. The van der Waals surface area contributed by atoms with Gasteiger partial charge >= 0.3 is 0 Å². The molecule has 1 amide bonds. The van der Waals surface area contributed by atoms with E-state index in [0.717, 1.165) is 0 Å². The molecule has 5 nitrogen and oxygen atoms in total. The van der Waals surface area contributed by atoms with Crippen LogP contribution < -0.4 is 0 Å². The van der Waals surface area contributed by atoms with E-state index < -0.39 is 16.1 Å². The van der Waals surface area contributed by atoms with Crippen LogP contribution in [0.3, 0.4) is 0 Å². The molecule has 7 heteroatoms. The summed E-state index contributed by atoms with van der Waals surface area (Å²) in [6.45, 7) is 6.66.